The molecule has 1 aliphatic rings. The summed E-state index contributed by atoms with van der Waals surface area (Å²) in [7, 11) is 8.07. The maximum atomic E-state index is 13.0. The third kappa shape index (κ3) is 6.25. The van der Waals surface area contributed by atoms with Crippen molar-refractivity contribution in [3.63, 3.8) is 0 Å². The van der Waals surface area contributed by atoms with Crippen LogP contribution in [0.5, 0.6) is 0 Å². The van der Waals surface area contributed by atoms with Gasteiger partial charge in [-0.2, -0.15) is 0 Å². The van der Waals surface area contributed by atoms with Crippen LogP contribution in [0.3, 0.4) is 0 Å². The lowest BCUT2D eigenvalue weighted by Crippen LogP contribution is -2.46. The highest BCUT2D eigenvalue weighted by Gasteiger charge is 2.32. The zero-order valence-corrected chi connectivity index (χ0v) is 16.8. The number of likely N-dealkylation sites (N-methyl/N-ethyl adjacent to an activating group) is 1. The first kappa shape index (κ1) is 20.2. The lowest BCUT2D eigenvalue weighted by molar-refractivity contribution is 0.262. The zero-order valence-electron chi connectivity index (χ0n) is 14.4. The third-order valence-electron chi connectivity index (χ3n) is 4.21. The molecule has 130 valence electrons. The topological polar surface area (TPSA) is 30.9 Å². The molecule has 0 spiro atoms. The second-order valence-corrected chi connectivity index (χ2v) is 6.28. The van der Waals surface area contributed by atoms with Crippen molar-refractivity contribution >= 4 is 29.9 Å². The van der Waals surface area contributed by atoms with Gasteiger partial charge in [0, 0.05) is 33.2 Å². The van der Waals surface area contributed by atoms with Crippen molar-refractivity contribution in [2.75, 3.05) is 34.7 Å². The molecule has 0 aromatic heterocycles. The lowest BCUT2D eigenvalue weighted by Gasteiger charge is -2.28. The van der Waals surface area contributed by atoms with Gasteiger partial charge in [-0.1, -0.05) is 12.1 Å². The number of hydrogen-bond acceptors (Lipinski definition) is 2. The van der Waals surface area contributed by atoms with Crippen molar-refractivity contribution in [1.29, 1.82) is 0 Å². The Morgan fingerprint density at radius 3 is 2.35 bits per heavy atom. The van der Waals surface area contributed by atoms with Crippen molar-refractivity contribution in [3.05, 3.63) is 35.6 Å². The molecule has 1 aromatic rings. The second kappa shape index (κ2) is 9.42. The van der Waals surface area contributed by atoms with E-state index in [1.807, 2.05) is 19.2 Å². The van der Waals surface area contributed by atoms with Gasteiger partial charge in [0.15, 0.2) is 5.96 Å². The molecule has 2 rings (SSSR count). The molecule has 23 heavy (non-hydrogen) atoms. The SMILES string of the molecule is CN=C(NCC(C1CC1)N(C)C)N(C)Cc1ccc(F)cc1.I. The summed E-state index contributed by atoms with van der Waals surface area (Å²) < 4.78 is 13.0. The van der Waals surface area contributed by atoms with Crippen LogP contribution in [-0.4, -0.2) is 56.5 Å². The summed E-state index contributed by atoms with van der Waals surface area (Å²) in [6.45, 7) is 1.61. The zero-order chi connectivity index (χ0) is 16.1. The number of hydrogen-bond donors (Lipinski definition) is 1. The van der Waals surface area contributed by atoms with E-state index in [0.717, 1.165) is 24.0 Å². The molecule has 1 atom stereocenters. The largest absolute Gasteiger partial charge is 0.355 e. The van der Waals surface area contributed by atoms with Crippen LogP contribution in [0, 0.1) is 11.7 Å². The fourth-order valence-corrected chi connectivity index (χ4v) is 2.77. The second-order valence-electron chi connectivity index (χ2n) is 6.28. The van der Waals surface area contributed by atoms with Crippen LogP contribution in [0.15, 0.2) is 29.3 Å². The van der Waals surface area contributed by atoms with Crippen LogP contribution in [0.2, 0.25) is 0 Å². The Morgan fingerprint density at radius 2 is 1.87 bits per heavy atom. The number of nitrogens with zero attached hydrogens (tertiary/aromatic N) is 3. The standard InChI is InChI=1S/C17H27FN4.HI/c1-19-17(20-11-16(21(2)3)14-7-8-14)22(4)12-13-5-9-15(18)10-6-13;/h5-6,9-10,14,16H,7-8,11-12H2,1-4H3,(H,19,20);1H. The highest BCUT2D eigenvalue weighted by Crippen LogP contribution is 2.34. The summed E-state index contributed by atoms with van der Waals surface area (Å²) in [5, 5.41) is 3.46. The highest BCUT2D eigenvalue weighted by atomic mass is 127. The molecule has 0 aliphatic heterocycles. The van der Waals surface area contributed by atoms with Crippen LogP contribution in [0.25, 0.3) is 0 Å². The van der Waals surface area contributed by atoms with E-state index in [1.165, 1.54) is 25.0 Å². The first-order valence-corrected chi connectivity index (χ1v) is 7.84. The molecular formula is C17H28FIN4. The Kier molecular flexibility index (Phi) is 8.25. The van der Waals surface area contributed by atoms with E-state index in [4.69, 9.17) is 0 Å². The van der Waals surface area contributed by atoms with Gasteiger partial charge in [-0.3, -0.25) is 4.99 Å². The first-order valence-electron chi connectivity index (χ1n) is 7.84. The smallest absolute Gasteiger partial charge is 0.193 e. The van der Waals surface area contributed by atoms with E-state index in [1.54, 1.807) is 7.05 Å². The fraction of sp³-hybridized carbons (Fsp3) is 0.588. The Morgan fingerprint density at radius 1 is 1.26 bits per heavy atom. The van der Waals surface area contributed by atoms with Crippen LogP contribution in [-0.2, 0) is 6.54 Å². The third-order valence-corrected chi connectivity index (χ3v) is 4.21. The molecular weight excluding hydrogens is 406 g/mol. The van der Waals surface area contributed by atoms with Gasteiger partial charge in [0.25, 0.3) is 0 Å². The van der Waals surface area contributed by atoms with E-state index < -0.39 is 0 Å². The summed E-state index contributed by atoms with van der Waals surface area (Å²) in [6, 6.07) is 7.16. The molecule has 1 N–H and O–H groups in total. The number of aliphatic imine (C=N–C) groups is 1. The molecule has 0 amide bonds. The van der Waals surface area contributed by atoms with Gasteiger partial charge in [-0.15, -0.1) is 24.0 Å². The minimum absolute atomic E-state index is 0. The van der Waals surface area contributed by atoms with E-state index in [-0.39, 0.29) is 29.8 Å². The predicted molar refractivity (Wildman–Crippen MR) is 105 cm³/mol. The summed E-state index contributed by atoms with van der Waals surface area (Å²) in [5.74, 6) is 1.48. The number of guanidine groups is 1. The average molecular weight is 434 g/mol. The van der Waals surface area contributed by atoms with Gasteiger partial charge in [0.1, 0.15) is 5.82 Å². The van der Waals surface area contributed by atoms with E-state index >= 15 is 0 Å². The van der Waals surface area contributed by atoms with Crippen LogP contribution >= 0.6 is 24.0 Å². The Hall–Kier alpha value is -0.890. The van der Waals surface area contributed by atoms with Crippen molar-refractivity contribution in [2.24, 2.45) is 10.9 Å². The van der Waals surface area contributed by atoms with E-state index in [0.29, 0.717) is 12.6 Å². The molecule has 0 radical (unpaired) electrons. The molecule has 1 aromatic carbocycles. The van der Waals surface area contributed by atoms with Crippen LogP contribution in [0.1, 0.15) is 18.4 Å². The lowest BCUT2D eigenvalue weighted by atomic mass is 10.1. The van der Waals surface area contributed by atoms with Crippen molar-refractivity contribution in [3.8, 4) is 0 Å². The van der Waals surface area contributed by atoms with Gasteiger partial charge in [-0.05, 0) is 50.6 Å². The number of benzene rings is 1. The highest BCUT2D eigenvalue weighted by molar-refractivity contribution is 14.0. The molecule has 1 aliphatic carbocycles. The normalized spacial score (nSPS) is 16.0. The van der Waals surface area contributed by atoms with Crippen molar-refractivity contribution in [1.82, 2.24) is 15.1 Å². The van der Waals surface area contributed by atoms with Gasteiger partial charge < -0.3 is 15.1 Å². The maximum absolute atomic E-state index is 13.0. The van der Waals surface area contributed by atoms with Crippen LogP contribution in [0.4, 0.5) is 4.39 Å². The van der Waals surface area contributed by atoms with Crippen molar-refractivity contribution < 1.29 is 4.39 Å². The average Bonchev–Trinajstić information content (AvgIpc) is 3.30. The Balaban J connectivity index is 0.00000264. The molecule has 0 heterocycles. The predicted octanol–water partition coefficient (Wildman–Crippen LogP) is 2.79. The molecule has 1 unspecified atom stereocenters. The van der Waals surface area contributed by atoms with Gasteiger partial charge in [-0.25, -0.2) is 4.39 Å². The molecule has 4 nitrogen and oxygen atoms in total. The monoisotopic (exact) mass is 434 g/mol. The van der Waals surface area contributed by atoms with Gasteiger partial charge in [0.05, 0.1) is 0 Å². The first-order chi connectivity index (χ1) is 10.5. The Labute approximate surface area is 156 Å². The minimum Gasteiger partial charge on any atom is -0.355 e. The molecule has 6 heteroatoms. The van der Waals surface area contributed by atoms with Crippen LogP contribution < -0.4 is 5.32 Å². The Bertz CT molecular complexity index is 498. The minimum atomic E-state index is -0.202. The molecule has 1 fully saturated rings. The molecule has 0 saturated heterocycles. The summed E-state index contributed by atoms with van der Waals surface area (Å²) in [4.78, 5) is 8.70. The molecule has 0 bridgehead atoms. The summed E-state index contributed by atoms with van der Waals surface area (Å²) in [6.07, 6.45) is 2.66. The van der Waals surface area contributed by atoms with Gasteiger partial charge >= 0.3 is 0 Å². The quantitative estimate of drug-likeness (QED) is 0.425. The van der Waals surface area contributed by atoms with E-state index in [2.05, 4.69) is 34.2 Å². The summed E-state index contributed by atoms with van der Waals surface area (Å²) >= 11 is 0. The number of rotatable bonds is 6. The summed E-state index contributed by atoms with van der Waals surface area (Å²) in [5.41, 5.74) is 1.07. The molecule has 1 saturated carbocycles. The van der Waals surface area contributed by atoms with E-state index in [9.17, 15) is 4.39 Å². The van der Waals surface area contributed by atoms with Gasteiger partial charge in [0.2, 0.25) is 0 Å². The number of nitrogens with one attached hydrogen (secondary N) is 1. The number of halogens is 2. The maximum Gasteiger partial charge on any atom is 0.193 e. The van der Waals surface area contributed by atoms with Crippen molar-refractivity contribution in [2.45, 2.75) is 25.4 Å². The fourth-order valence-electron chi connectivity index (χ4n) is 2.77.